The average molecular weight is 297 g/mol. The van der Waals surface area contributed by atoms with Crippen LogP contribution in [-0.2, 0) is 4.79 Å². The molecule has 1 atom stereocenters. The lowest BCUT2D eigenvalue weighted by atomic mass is 10.1. The zero-order valence-electron chi connectivity index (χ0n) is 11.7. The van der Waals surface area contributed by atoms with Crippen molar-refractivity contribution in [3.8, 4) is 0 Å². The summed E-state index contributed by atoms with van der Waals surface area (Å²) in [5.74, 6) is 0.157. The second-order valence-corrected chi connectivity index (χ2v) is 6.63. The van der Waals surface area contributed by atoms with E-state index in [2.05, 4.69) is 40.2 Å². The number of anilines is 1. The van der Waals surface area contributed by atoms with E-state index >= 15 is 0 Å². The van der Waals surface area contributed by atoms with Crippen molar-refractivity contribution in [3.63, 3.8) is 0 Å². The molecule has 0 aliphatic carbocycles. The van der Waals surface area contributed by atoms with Crippen LogP contribution >= 0.6 is 11.8 Å². The van der Waals surface area contributed by atoms with Gasteiger partial charge in [-0.3, -0.25) is 9.69 Å². The first kappa shape index (κ1) is 12.7. The van der Waals surface area contributed by atoms with Gasteiger partial charge in [-0.15, -0.1) is 0 Å². The van der Waals surface area contributed by atoms with Gasteiger partial charge in [-0.05, 0) is 29.8 Å². The number of hydrogen-bond donors (Lipinski definition) is 0. The van der Waals surface area contributed by atoms with Crippen LogP contribution in [0.3, 0.4) is 0 Å². The summed E-state index contributed by atoms with van der Waals surface area (Å²) in [5, 5.41) is 3.29. The van der Waals surface area contributed by atoms with Gasteiger partial charge in [0, 0.05) is 5.69 Å². The van der Waals surface area contributed by atoms with Gasteiger partial charge in [-0.2, -0.15) is 0 Å². The number of hydrogen-bond acceptors (Lipinski definition) is 4. The summed E-state index contributed by atoms with van der Waals surface area (Å²) in [6.07, 6.45) is 0. The van der Waals surface area contributed by atoms with Crippen molar-refractivity contribution in [1.82, 2.24) is 4.90 Å². The van der Waals surface area contributed by atoms with E-state index < -0.39 is 0 Å². The Morgan fingerprint density at radius 3 is 2.86 bits per heavy atom. The number of carbonyl (C=O) groups excluding carboxylic acids is 1. The van der Waals surface area contributed by atoms with Crippen molar-refractivity contribution in [1.29, 1.82) is 0 Å². The van der Waals surface area contributed by atoms with Crippen LogP contribution in [0.25, 0.3) is 10.8 Å². The molecule has 0 radical (unpaired) electrons. The van der Waals surface area contributed by atoms with Crippen molar-refractivity contribution >= 4 is 39.3 Å². The molecule has 2 aromatic rings. The molecule has 0 saturated carbocycles. The molecule has 4 rings (SSSR count). The third-order valence-electron chi connectivity index (χ3n) is 3.91. The molecule has 4 nitrogen and oxygen atoms in total. The van der Waals surface area contributed by atoms with Crippen molar-refractivity contribution < 1.29 is 4.79 Å². The van der Waals surface area contributed by atoms with E-state index in [-0.39, 0.29) is 11.2 Å². The van der Waals surface area contributed by atoms with Gasteiger partial charge >= 0.3 is 0 Å². The number of amides is 1. The van der Waals surface area contributed by atoms with Gasteiger partial charge in [0.15, 0.2) is 5.17 Å². The Kier molecular flexibility index (Phi) is 2.89. The van der Waals surface area contributed by atoms with Crippen LogP contribution in [0.15, 0.2) is 47.5 Å². The number of rotatable bonds is 1. The van der Waals surface area contributed by atoms with E-state index in [9.17, 15) is 4.79 Å². The van der Waals surface area contributed by atoms with Crippen molar-refractivity contribution in [2.24, 2.45) is 4.99 Å². The highest BCUT2D eigenvalue weighted by atomic mass is 32.2. The van der Waals surface area contributed by atoms with E-state index in [0.717, 1.165) is 10.9 Å². The highest BCUT2D eigenvalue weighted by Gasteiger charge is 2.37. The van der Waals surface area contributed by atoms with Crippen LogP contribution < -0.4 is 4.90 Å². The van der Waals surface area contributed by atoms with E-state index in [1.807, 2.05) is 19.1 Å². The molecular weight excluding hydrogens is 282 g/mol. The molecule has 0 spiro atoms. The lowest BCUT2D eigenvalue weighted by Gasteiger charge is -2.32. The van der Waals surface area contributed by atoms with E-state index in [4.69, 9.17) is 0 Å². The molecule has 2 heterocycles. The summed E-state index contributed by atoms with van der Waals surface area (Å²) < 4.78 is 0. The Balaban J connectivity index is 1.66. The monoisotopic (exact) mass is 297 g/mol. The molecule has 2 aromatic carbocycles. The fraction of sp³-hybridized carbons (Fsp3) is 0.250. The number of aliphatic imine (C=N–C) groups is 1. The molecule has 106 valence electrons. The van der Waals surface area contributed by atoms with E-state index in [0.29, 0.717) is 13.3 Å². The van der Waals surface area contributed by atoms with Gasteiger partial charge in [-0.25, -0.2) is 4.99 Å². The number of benzene rings is 2. The number of carbonyl (C=O) groups is 1. The van der Waals surface area contributed by atoms with E-state index in [1.165, 1.54) is 10.8 Å². The second kappa shape index (κ2) is 4.77. The van der Waals surface area contributed by atoms with Gasteiger partial charge in [-0.1, -0.05) is 42.1 Å². The van der Waals surface area contributed by atoms with Gasteiger partial charge in [0.25, 0.3) is 0 Å². The minimum Gasteiger partial charge on any atom is -0.334 e. The molecule has 0 N–H and O–H groups in total. The summed E-state index contributed by atoms with van der Waals surface area (Å²) in [4.78, 5) is 20.6. The maximum absolute atomic E-state index is 12.1. The zero-order chi connectivity index (χ0) is 14.4. The zero-order valence-corrected chi connectivity index (χ0v) is 12.5. The lowest BCUT2D eigenvalue weighted by molar-refractivity contribution is -0.126. The van der Waals surface area contributed by atoms with Gasteiger partial charge in [0.05, 0.1) is 5.25 Å². The van der Waals surface area contributed by atoms with Crippen molar-refractivity contribution in [3.05, 3.63) is 42.5 Å². The third kappa shape index (κ3) is 2.08. The SMILES string of the molecule is C[C@@H]1SC2=NCN(c3ccc4ccccc4c3)CN2C1=O. The first-order chi connectivity index (χ1) is 10.2. The average Bonchev–Trinajstić information content (AvgIpc) is 2.81. The molecule has 2 aliphatic heterocycles. The summed E-state index contributed by atoms with van der Waals surface area (Å²) in [6.45, 7) is 3.14. The van der Waals surface area contributed by atoms with Gasteiger partial charge < -0.3 is 4.90 Å². The summed E-state index contributed by atoms with van der Waals surface area (Å²) in [6, 6.07) is 14.7. The molecule has 0 unspecified atom stereocenters. The maximum atomic E-state index is 12.1. The Labute approximate surface area is 127 Å². The lowest BCUT2D eigenvalue weighted by Crippen LogP contribution is -2.45. The Hall–Kier alpha value is -2.01. The van der Waals surface area contributed by atoms with Crippen LogP contribution in [0.5, 0.6) is 0 Å². The normalized spacial score (nSPS) is 21.7. The highest BCUT2D eigenvalue weighted by Crippen LogP contribution is 2.31. The molecule has 21 heavy (non-hydrogen) atoms. The topological polar surface area (TPSA) is 35.9 Å². The van der Waals surface area contributed by atoms with Crippen LogP contribution in [0.1, 0.15) is 6.92 Å². The molecule has 0 aromatic heterocycles. The van der Waals surface area contributed by atoms with Crippen molar-refractivity contribution in [2.75, 3.05) is 18.2 Å². The Morgan fingerprint density at radius 1 is 1.19 bits per heavy atom. The molecule has 1 saturated heterocycles. The van der Waals surface area contributed by atoms with Gasteiger partial charge in [0.2, 0.25) is 5.91 Å². The number of fused-ring (bicyclic) bond motifs is 2. The molecule has 1 fully saturated rings. The van der Waals surface area contributed by atoms with Crippen LogP contribution in [0, 0.1) is 0 Å². The fourth-order valence-corrected chi connectivity index (χ4v) is 3.69. The smallest absolute Gasteiger partial charge is 0.243 e. The predicted octanol–water partition coefficient (Wildman–Crippen LogP) is 2.89. The maximum Gasteiger partial charge on any atom is 0.243 e. The standard InChI is InChI=1S/C16H15N3OS/c1-11-15(20)19-10-18(9-17-16(19)21-11)14-7-6-12-4-2-3-5-13(12)8-14/h2-8,11H,9-10H2,1H3/t11-/m0/s1. The fourth-order valence-electron chi connectivity index (χ4n) is 2.74. The number of nitrogens with zero attached hydrogens (tertiary/aromatic N) is 3. The van der Waals surface area contributed by atoms with Crippen LogP contribution in [0.4, 0.5) is 5.69 Å². The largest absolute Gasteiger partial charge is 0.334 e. The van der Waals surface area contributed by atoms with E-state index in [1.54, 1.807) is 16.7 Å². The first-order valence-electron chi connectivity index (χ1n) is 6.98. The molecular formula is C16H15N3OS. The van der Waals surface area contributed by atoms with Gasteiger partial charge in [0.1, 0.15) is 13.3 Å². The predicted molar refractivity (Wildman–Crippen MR) is 87.5 cm³/mol. The highest BCUT2D eigenvalue weighted by molar-refractivity contribution is 8.15. The second-order valence-electron chi connectivity index (χ2n) is 5.32. The molecule has 1 amide bonds. The quantitative estimate of drug-likeness (QED) is 0.812. The van der Waals surface area contributed by atoms with Crippen LogP contribution in [0.2, 0.25) is 0 Å². The summed E-state index contributed by atoms with van der Waals surface area (Å²) in [7, 11) is 0. The summed E-state index contributed by atoms with van der Waals surface area (Å²) in [5.41, 5.74) is 1.11. The van der Waals surface area contributed by atoms with Crippen molar-refractivity contribution in [2.45, 2.75) is 12.2 Å². The number of thioether (sulfide) groups is 1. The molecule has 0 bridgehead atoms. The molecule has 2 aliphatic rings. The minimum absolute atomic E-state index is 0.0136. The molecule has 5 heteroatoms. The Morgan fingerprint density at radius 2 is 2.00 bits per heavy atom. The third-order valence-corrected chi connectivity index (χ3v) is 5.03. The Bertz CT molecular complexity index is 758. The van der Waals surface area contributed by atoms with Crippen LogP contribution in [-0.4, -0.2) is 34.6 Å². The number of amidine groups is 1. The first-order valence-corrected chi connectivity index (χ1v) is 7.86. The minimum atomic E-state index is -0.0136. The summed E-state index contributed by atoms with van der Waals surface area (Å²) >= 11 is 1.56.